The molecule has 412 valence electrons. The van der Waals surface area contributed by atoms with Gasteiger partial charge in [-0.1, -0.05) is 95.9 Å². The van der Waals surface area contributed by atoms with Gasteiger partial charge in [0, 0.05) is 53.9 Å². The van der Waals surface area contributed by atoms with Crippen molar-refractivity contribution < 1.29 is 34.8 Å². The summed E-state index contributed by atoms with van der Waals surface area (Å²) in [4.78, 5) is 43.4. The maximum Gasteiger partial charge on any atom is 0.224 e. The van der Waals surface area contributed by atoms with Crippen molar-refractivity contribution in [3.63, 3.8) is 0 Å². The van der Waals surface area contributed by atoms with E-state index in [1.165, 1.54) is 0 Å². The van der Waals surface area contributed by atoms with Gasteiger partial charge in [0.05, 0.1) is 24.4 Å². The van der Waals surface area contributed by atoms with Crippen LogP contribution in [0, 0.1) is 92.7 Å². The molecule has 13 nitrogen and oxygen atoms in total. The molecule has 13 heteroatoms. The lowest BCUT2D eigenvalue weighted by atomic mass is 9.42. The Morgan fingerprint density at radius 3 is 1.84 bits per heavy atom. The number of carbonyl (C=O) groups excluding carboxylic acids is 3. The lowest BCUT2D eigenvalue weighted by molar-refractivity contribution is -0.205. The molecule has 0 bridgehead atoms. The average Bonchev–Trinajstić information content (AvgIpc) is 3.95. The van der Waals surface area contributed by atoms with E-state index in [2.05, 4.69) is 79.7 Å². The van der Waals surface area contributed by atoms with Crippen LogP contribution in [0.1, 0.15) is 170 Å². The topological polar surface area (TPSA) is 217 Å². The first-order chi connectivity index (χ1) is 35.8. The maximum atomic E-state index is 13.6. The number of amides is 3. The van der Waals surface area contributed by atoms with Crippen LogP contribution in [0.15, 0.2) is 47.6 Å². The second kappa shape index (κ2) is 21.5. The fraction of sp³-hybridized carbons (Fsp3) is 0.790. The Hall–Kier alpha value is -3.74. The van der Waals surface area contributed by atoms with Crippen LogP contribution < -0.4 is 16.0 Å². The minimum Gasteiger partial charge on any atom is -0.393 e. The van der Waals surface area contributed by atoms with Crippen LogP contribution >= 0.6 is 0 Å². The smallest absolute Gasteiger partial charge is 0.224 e. The van der Waals surface area contributed by atoms with E-state index in [1.54, 1.807) is 0 Å². The molecule has 0 saturated heterocycles. The van der Waals surface area contributed by atoms with Crippen molar-refractivity contribution in [2.45, 2.75) is 206 Å². The van der Waals surface area contributed by atoms with Crippen LogP contribution in [0.5, 0.6) is 0 Å². The van der Waals surface area contributed by atoms with Crippen LogP contribution in [0.25, 0.3) is 21.2 Å². The minimum atomic E-state index is -0.502. The van der Waals surface area contributed by atoms with Gasteiger partial charge in [-0.05, 0) is 206 Å². The SMILES string of the molecule is C[C@H](CCC(=O)NCCCC(=O)N[C@@H]1CCC[C@@]2(C)[C@@H]1C[C@@H](O)[C@@H]1[C@@H]2C[C@H](O)[C@]2(C)[C@@H]([C@H](C)CCC(=O)Nc3cccc4ccccc34)CC[C@@H]12)[C@H]1CC[C@H]2[C@@H]3[C@H](O)C[C@@H]4[C@H](N=[N+]=[N-])CCC[C@]4(C)[C@H]3C[C@H](O)[C@]12C. The number of hydrogen-bond donors (Lipinski definition) is 7. The molecule has 0 spiro atoms. The van der Waals surface area contributed by atoms with Gasteiger partial charge in [0.2, 0.25) is 17.7 Å². The number of aliphatic hydroxyl groups excluding tert-OH is 4. The van der Waals surface area contributed by atoms with E-state index in [-0.39, 0.29) is 122 Å². The lowest BCUT2D eigenvalue weighted by Crippen LogP contribution is -2.64. The molecule has 22 atom stereocenters. The number of nitrogens with one attached hydrogen (secondary N) is 3. The number of rotatable bonds is 15. The Morgan fingerprint density at radius 1 is 0.653 bits per heavy atom. The summed E-state index contributed by atoms with van der Waals surface area (Å²) >= 11 is 0. The molecule has 8 aliphatic rings. The van der Waals surface area contributed by atoms with Crippen molar-refractivity contribution in [1.29, 1.82) is 0 Å². The maximum absolute atomic E-state index is 13.6. The van der Waals surface area contributed by atoms with Crippen molar-refractivity contribution in [2.75, 3.05) is 11.9 Å². The van der Waals surface area contributed by atoms with Crippen molar-refractivity contribution in [2.24, 2.45) is 97.8 Å². The molecule has 8 saturated carbocycles. The number of fused-ring (bicyclic) bond motifs is 11. The van der Waals surface area contributed by atoms with Gasteiger partial charge in [-0.15, -0.1) is 0 Å². The Morgan fingerprint density at radius 2 is 1.21 bits per heavy atom. The van der Waals surface area contributed by atoms with E-state index in [0.29, 0.717) is 57.9 Å². The lowest BCUT2D eigenvalue weighted by Gasteiger charge is -2.64. The summed E-state index contributed by atoms with van der Waals surface area (Å²) in [6.45, 7) is 14.2. The van der Waals surface area contributed by atoms with Gasteiger partial charge >= 0.3 is 0 Å². The molecule has 2 aromatic carbocycles. The molecule has 8 fully saturated rings. The fourth-order valence-electron chi connectivity index (χ4n) is 20.4. The molecular weight excluding hydrogens is 941 g/mol. The van der Waals surface area contributed by atoms with Gasteiger partial charge in [-0.25, -0.2) is 0 Å². The van der Waals surface area contributed by atoms with Gasteiger partial charge < -0.3 is 36.4 Å². The van der Waals surface area contributed by atoms with E-state index >= 15 is 0 Å². The summed E-state index contributed by atoms with van der Waals surface area (Å²) < 4.78 is 0. The summed E-state index contributed by atoms with van der Waals surface area (Å²) in [5, 5.41) is 64.4. The molecule has 0 unspecified atom stereocenters. The Balaban J connectivity index is 0.679. The third-order valence-electron chi connectivity index (χ3n) is 24.2. The molecule has 75 heavy (non-hydrogen) atoms. The number of nitrogens with zero attached hydrogens (tertiary/aromatic N) is 3. The fourth-order valence-corrected chi connectivity index (χ4v) is 20.4. The second-order valence-corrected chi connectivity index (χ2v) is 27.3. The van der Waals surface area contributed by atoms with Crippen LogP contribution in [0.2, 0.25) is 0 Å². The summed E-state index contributed by atoms with van der Waals surface area (Å²) in [6, 6.07) is 13.9. The molecule has 3 amide bonds. The van der Waals surface area contributed by atoms with Crippen LogP contribution in [-0.4, -0.2) is 81.2 Å². The predicted octanol–water partition coefficient (Wildman–Crippen LogP) is 10.9. The first kappa shape index (κ1) is 54.6. The average molecular weight is 1030 g/mol. The Labute approximate surface area is 446 Å². The highest BCUT2D eigenvalue weighted by molar-refractivity contribution is 6.02. The molecule has 8 aliphatic carbocycles. The van der Waals surface area contributed by atoms with Gasteiger partial charge in [0.1, 0.15) is 0 Å². The molecule has 0 heterocycles. The minimum absolute atomic E-state index is 0.0116. The zero-order chi connectivity index (χ0) is 53.2. The van der Waals surface area contributed by atoms with E-state index in [4.69, 9.17) is 0 Å². The summed E-state index contributed by atoms with van der Waals surface area (Å²) in [5.41, 5.74) is 9.31. The van der Waals surface area contributed by atoms with E-state index in [1.807, 2.05) is 30.3 Å². The number of anilines is 1. The third kappa shape index (κ3) is 9.54. The molecule has 0 aliphatic heterocycles. The van der Waals surface area contributed by atoms with E-state index < -0.39 is 24.4 Å². The van der Waals surface area contributed by atoms with Crippen LogP contribution in [0.3, 0.4) is 0 Å². The third-order valence-corrected chi connectivity index (χ3v) is 24.2. The standard InChI is InChI=1S/C62H92N6O7/c1-35(39-22-24-42-58-46(34-53(72)61(39,42)5)60(4)29-11-18-49(67-68-63)44(60)32-51(58)70)20-26-54(73)64-30-12-19-55(74)66-48-17-10-28-59(3)43(48)31-50(69)57-41-25-23-40(62(41,6)52(71)33-45(57)59)36(2)21-27-56(75)65-47-16-9-14-37-13-7-8-15-38(37)47/h7-9,13-16,35-36,39-46,48-53,57-58,69-72H,10-12,17-34H2,1-6H3,(H,64,73)(H,65,75)(H,66,74)/t35-,36-,39-,40-,41+,42+,43-,44-,45+,46+,48-,49-,50-,51-,52+,53+,57+,58+,59+,60+,61-,62-/m1/s1. The zero-order valence-corrected chi connectivity index (χ0v) is 46.1. The normalized spacial score (nSPS) is 43.5. The summed E-state index contributed by atoms with van der Waals surface area (Å²) in [7, 11) is 0. The molecule has 0 aromatic heterocycles. The number of benzene rings is 2. The highest BCUT2D eigenvalue weighted by Crippen LogP contribution is 2.70. The Bertz CT molecular complexity index is 2460. The summed E-state index contributed by atoms with van der Waals surface area (Å²) in [5.74, 6) is 2.19. The largest absolute Gasteiger partial charge is 0.393 e. The summed E-state index contributed by atoms with van der Waals surface area (Å²) in [6.07, 6.45) is 13.5. The van der Waals surface area contributed by atoms with E-state index in [0.717, 1.165) is 93.5 Å². The monoisotopic (exact) mass is 1030 g/mol. The molecular formula is C62H92N6O7. The highest BCUT2D eigenvalue weighted by atomic mass is 16.3. The number of hydrogen-bond acceptors (Lipinski definition) is 8. The van der Waals surface area contributed by atoms with Gasteiger partial charge in [0.15, 0.2) is 0 Å². The molecule has 7 N–H and O–H groups in total. The number of carbonyl (C=O) groups is 3. The van der Waals surface area contributed by atoms with Gasteiger partial charge in [-0.2, -0.15) is 0 Å². The molecule has 2 aromatic rings. The zero-order valence-electron chi connectivity index (χ0n) is 46.1. The highest BCUT2D eigenvalue weighted by Gasteiger charge is 2.68. The van der Waals surface area contributed by atoms with Crippen LogP contribution in [-0.2, 0) is 14.4 Å². The Kier molecular flexibility index (Phi) is 15.6. The number of azide groups is 1. The van der Waals surface area contributed by atoms with Gasteiger partial charge in [-0.3, -0.25) is 14.4 Å². The van der Waals surface area contributed by atoms with Crippen LogP contribution in [0.4, 0.5) is 5.69 Å². The molecule has 10 rings (SSSR count). The van der Waals surface area contributed by atoms with Gasteiger partial charge in [0.25, 0.3) is 0 Å². The second-order valence-electron chi connectivity index (χ2n) is 27.3. The van der Waals surface area contributed by atoms with Crippen molar-refractivity contribution >= 4 is 34.2 Å². The van der Waals surface area contributed by atoms with E-state index in [9.17, 15) is 40.3 Å². The first-order valence-electron chi connectivity index (χ1n) is 29.9. The number of aliphatic hydroxyl groups is 4. The molecule has 0 radical (unpaired) electrons. The van der Waals surface area contributed by atoms with Crippen molar-refractivity contribution in [1.82, 2.24) is 10.6 Å². The van der Waals surface area contributed by atoms with Crippen molar-refractivity contribution in [3.05, 3.63) is 52.9 Å². The quantitative estimate of drug-likeness (QED) is 0.0396. The predicted molar refractivity (Wildman–Crippen MR) is 292 cm³/mol. The van der Waals surface area contributed by atoms with Crippen molar-refractivity contribution in [3.8, 4) is 0 Å². The first-order valence-corrected chi connectivity index (χ1v) is 29.9.